The molecule has 2 atom stereocenters. The van der Waals surface area contributed by atoms with Crippen LogP contribution in [0.5, 0.6) is 0 Å². The monoisotopic (exact) mass is 610 g/mol. The van der Waals surface area contributed by atoms with Gasteiger partial charge in [-0.25, -0.2) is 0 Å². The van der Waals surface area contributed by atoms with Crippen LogP contribution in [-0.4, -0.2) is 0 Å². The fourth-order valence-electron chi connectivity index (χ4n) is 8.26. The predicted octanol–water partition coefficient (Wildman–Crippen LogP) is 12.6. The Hall–Kier alpha value is -5.08. The van der Waals surface area contributed by atoms with Crippen molar-refractivity contribution in [2.75, 3.05) is 9.80 Å². The molecule has 0 saturated heterocycles. The van der Waals surface area contributed by atoms with Gasteiger partial charge in [0.25, 0.3) is 0 Å². The molecule has 2 heteroatoms. The standard InChI is InChI=1S/C45H42N2/c1-32-15-20-38(21-16-32)47(39-22-17-33(2)18-23-39)41-28-35(34-19-24-42-43(29-34)45(4)26-25-44(42,3)31-45)27-40(30-41)46(36-11-7-5-8-12-36)37-13-9-6-10-14-37/h5-24,27-30H,25-26,31H2,1-4H3. The average molecular weight is 611 g/mol. The number of benzene rings is 6. The summed E-state index contributed by atoms with van der Waals surface area (Å²) >= 11 is 0. The molecule has 6 aromatic rings. The average Bonchev–Trinajstić information content (AvgIpc) is 3.54. The van der Waals surface area contributed by atoms with Crippen molar-refractivity contribution >= 4 is 34.1 Å². The molecule has 47 heavy (non-hydrogen) atoms. The van der Waals surface area contributed by atoms with Gasteiger partial charge in [0.15, 0.2) is 0 Å². The molecule has 0 aromatic heterocycles. The minimum absolute atomic E-state index is 0.260. The van der Waals surface area contributed by atoms with Crippen LogP contribution < -0.4 is 9.80 Å². The second-order valence-electron chi connectivity index (χ2n) is 14.3. The van der Waals surface area contributed by atoms with Crippen LogP contribution in [-0.2, 0) is 10.8 Å². The maximum Gasteiger partial charge on any atom is 0.0488 e. The number of nitrogens with zero attached hydrogens (tertiary/aromatic N) is 2. The van der Waals surface area contributed by atoms with Crippen LogP contribution in [0.3, 0.4) is 0 Å². The van der Waals surface area contributed by atoms with Gasteiger partial charge in [0.05, 0.1) is 0 Å². The van der Waals surface area contributed by atoms with Gasteiger partial charge in [0.1, 0.15) is 0 Å². The molecule has 0 amide bonds. The first-order chi connectivity index (χ1) is 22.8. The van der Waals surface area contributed by atoms with Gasteiger partial charge in [-0.3, -0.25) is 0 Å². The molecule has 1 fully saturated rings. The Balaban J connectivity index is 1.37. The zero-order valence-electron chi connectivity index (χ0n) is 27.9. The van der Waals surface area contributed by atoms with E-state index in [1.165, 1.54) is 41.5 Å². The summed E-state index contributed by atoms with van der Waals surface area (Å²) < 4.78 is 0. The first-order valence-electron chi connectivity index (χ1n) is 16.9. The number of rotatable bonds is 7. The Bertz CT molecular complexity index is 1960. The molecule has 2 aliphatic rings. The number of para-hydroxylation sites is 2. The van der Waals surface area contributed by atoms with Gasteiger partial charge in [-0.05, 0) is 133 Å². The maximum absolute atomic E-state index is 2.51. The number of hydrogen-bond donors (Lipinski definition) is 0. The minimum Gasteiger partial charge on any atom is -0.310 e. The predicted molar refractivity (Wildman–Crippen MR) is 199 cm³/mol. The van der Waals surface area contributed by atoms with E-state index in [4.69, 9.17) is 0 Å². The minimum atomic E-state index is 0.260. The number of aryl methyl sites for hydroxylation is 2. The van der Waals surface area contributed by atoms with E-state index >= 15 is 0 Å². The number of hydrogen-bond acceptors (Lipinski definition) is 2. The molecule has 232 valence electrons. The SMILES string of the molecule is Cc1ccc(N(c2ccc(C)cc2)c2cc(-c3ccc4c(c3)C3(C)CCC4(C)C3)cc(N(c3ccccc3)c3ccccc3)c2)cc1. The summed E-state index contributed by atoms with van der Waals surface area (Å²) in [6.07, 6.45) is 3.82. The Labute approximate surface area is 280 Å². The van der Waals surface area contributed by atoms with Crippen LogP contribution in [0.1, 0.15) is 55.4 Å². The lowest BCUT2D eigenvalue weighted by Gasteiger charge is -2.31. The van der Waals surface area contributed by atoms with Crippen LogP contribution in [0.4, 0.5) is 34.1 Å². The molecular weight excluding hydrogens is 569 g/mol. The Morgan fingerprint density at radius 3 is 1.34 bits per heavy atom. The summed E-state index contributed by atoms with van der Waals surface area (Å²) in [5.41, 5.74) is 15.5. The number of anilines is 6. The summed E-state index contributed by atoms with van der Waals surface area (Å²) in [4.78, 5) is 4.78. The summed E-state index contributed by atoms with van der Waals surface area (Å²) in [7, 11) is 0. The Morgan fingerprint density at radius 2 is 0.851 bits per heavy atom. The van der Waals surface area contributed by atoms with E-state index < -0.39 is 0 Å². The third-order valence-corrected chi connectivity index (χ3v) is 10.7. The van der Waals surface area contributed by atoms with Gasteiger partial charge in [-0.15, -0.1) is 0 Å². The molecule has 2 aliphatic carbocycles. The van der Waals surface area contributed by atoms with Crippen molar-refractivity contribution in [2.24, 2.45) is 0 Å². The zero-order valence-corrected chi connectivity index (χ0v) is 27.9. The molecule has 0 radical (unpaired) electrons. The first-order valence-corrected chi connectivity index (χ1v) is 16.9. The third-order valence-electron chi connectivity index (χ3n) is 10.7. The molecular formula is C45H42N2. The fraction of sp³-hybridized carbons (Fsp3) is 0.200. The highest BCUT2D eigenvalue weighted by atomic mass is 15.2. The van der Waals surface area contributed by atoms with E-state index in [9.17, 15) is 0 Å². The van der Waals surface area contributed by atoms with Crippen molar-refractivity contribution in [2.45, 2.75) is 57.8 Å². The normalized spacial score (nSPS) is 19.4. The molecule has 0 spiro atoms. The van der Waals surface area contributed by atoms with Gasteiger partial charge in [0, 0.05) is 34.1 Å². The van der Waals surface area contributed by atoms with Crippen LogP contribution in [0, 0.1) is 13.8 Å². The molecule has 6 aromatic carbocycles. The summed E-state index contributed by atoms with van der Waals surface area (Å²) in [6.45, 7) is 9.26. The van der Waals surface area contributed by atoms with Crippen LogP contribution in [0.2, 0.25) is 0 Å². The van der Waals surface area contributed by atoms with E-state index in [-0.39, 0.29) is 5.41 Å². The Kier molecular flexibility index (Phi) is 7.06. The molecule has 0 heterocycles. The van der Waals surface area contributed by atoms with Crippen molar-refractivity contribution in [3.8, 4) is 11.1 Å². The molecule has 1 saturated carbocycles. The topological polar surface area (TPSA) is 6.48 Å². The van der Waals surface area contributed by atoms with E-state index in [0.29, 0.717) is 5.41 Å². The molecule has 2 nitrogen and oxygen atoms in total. The Morgan fingerprint density at radius 1 is 0.404 bits per heavy atom. The highest BCUT2D eigenvalue weighted by Gasteiger charge is 2.52. The molecule has 0 aliphatic heterocycles. The van der Waals surface area contributed by atoms with Gasteiger partial charge >= 0.3 is 0 Å². The number of fused-ring (bicyclic) bond motifs is 5. The summed E-state index contributed by atoms with van der Waals surface area (Å²) in [5, 5.41) is 0. The van der Waals surface area contributed by atoms with E-state index in [1.807, 2.05) is 0 Å². The highest BCUT2D eigenvalue weighted by Crippen LogP contribution is 2.61. The fourth-order valence-corrected chi connectivity index (χ4v) is 8.26. The van der Waals surface area contributed by atoms with Crippen LogP contribution in [0.25, 0.3) is 11.1 Å². The van der Waals surface area contributed by atoms with Gasteiger partial charge in [0.2, 0.25) is 0 Å². The van der Waals surface area contributed by atoms with E-state index in [1.54, 1.807) is 11.1 Å². The molecule has 0 N–H and O–H groups in total. The van der Waals surface area contributed by atoms with Gasteiger partial charge in [-0.1, -0.05) is 104 Å². The molecule has 2 unspecified atom stereocenters. The second-order valence-corrected chi connectivity index (χ2v) is 14.3. The molecule has 2 bridgehead atoms. The first kappa shape index (κ1) is 29.3. The van der Waals surface area contributed by atoms with Crippen molar-refractivity contribution < 1.29 is 0 Å². The third kappa shape index (κ3) is 5.22. The maximum atomic E-state index is 2.51. The molecule has 8 rings (SSSR count). The lowest BCUT2D eigenvalue weighted by Crippen LogP contribution is -2.18. The summed E-state index contributed by atoms with van der Waals surface area (Å²) in [6, 6.07) is 53.7. The van der Waals surface area contributed by atoms with Crippen molar-refractivity contribution in [1.82, 2.24) is 0 Å². The van der Waals surface area contributed by atoms with Gasteiger partial charge in [-0.2, -0.15) is 0 Å². The van der Waals surface area contributed by atoms with Crippen molar-refractivity contribution in [3.63, 3.8) is 0 Å². The van der Waals surface area contributed by atoms with E-state index in [0.717, 1.165) is 34.1 Å². The van der Waals surface area contributed by atoms with Crippen LogP contribution in [0.15, 0.2) is 146 Å². The van der Waals surface area contributed by atoms with Crippen molar-refractivity contribution in [1.29, 1.82) is 0 Å². The smallest absolute Gasteiger partial charge is 0.0488 e. The lowest BCUT2D eigenvalue weighted by molar-refractivity contribution is 0.484. The quantitative estimate of drug-likeness (QED) is 0.177. The summed E-state index contributed by atoms with van der Waals surface area (Å²) in [5.74, 6) is 0. The van der Waals surface area contributed by atoms with Crippen LogP contribution >= 0.6 is 0 Å². The largest absolute Gasteiger partial charge is 0.310 e. The zero-order chi connectivity index (χ0) is 32.2. The van der Waals surface area contributed by atoms with Gasteiger partial charge < -0.3 is 9.80 Å². The van der Waals surface area contributed by atoms with Crippen molar-refractivity contribution in [3.05, 3.63) is 168 Å². The lowest BCUT2D eigenvalue weighted by atomic mass is 9.77. The highest BCUT2D eigenvalue weighted by molar-refractivity contribution is 5.87. The van der Waals surface area contributed by atoms with E-state index in [2.05, 4.69) is 183 Å². The second kappa shape index (κ2) is 11.3.